The van der Waals surface area contributed by atoms with Gasteiger partial charge in [0.25, 0.3) is 0 Å². The number of hydrogen-bond acceptors (Lipinski definition) is 11. The molecule has 10 nitrogen and oxygen atoms in total. The summed E-state index contributed by atoms with van der Waals surface area (Å²) in [6, 6.07) is 4.32. The van der Waals surface area contributed by atoms with Crippen LogP contribution in [-0.2, 0) is 16.6 Å². The number of likely N-dealkylation sites (tertiary alicyclic amines) is 1. The van der Waals surface area contributed by atoms with Crippen LogP contribution >= 0.6 is 11.3 Å². The summed E-state index contributed by atoms with van der Waals surface area (Å²) >= 11 is 1.44. The molecule has 3 fully saturated rings. The zero-order chi connectivity index (χ0) is 30.5. The lowest BCUT2D eigenvalue weighted by atomic mass is 9.61. The monoisotopic (exact) mass is 605 g/mol. The minimum Gasteiger partial charge on any atom is -0.475 e. The Morgan fingerprint density at radius 1 is 1.21 bits per heavy atom. The van der Waals surface area contributed by atoms with E-state index in [1.165, 1.54) is 11.3 Å². The van der Waals surface area contributed by atoms with E-state index in [0.717, 1.165) is 61.9 Å². The molecule has 2 saturated carbocycles. The maximum absolute atomic E-state index is 14.4. The smallest absolute Gasteiger partial charge is 0.221 e. The third-order valence-corrected chi connectivity index (χ3v) is 11.4. The molecule has 1 spiro atoms. The van der Waals surface area contributed by atoms with Crippen LogP contribution in [0.1, 0.15) is 86.5 Å². The molecule has 2 aromatic rings. The highest BCUT2D eigenvalue weighted by Gasteiger charge is 2.50. The average Bonchev–Trinajstić information content (AvgIpc) is 3.54. The van der Waals surface area contributed by atoms with Crippen LogP contribution in [0.15, 0.2) is 11.6 Å². The number of thiophene rings is 1. The molecule has 1 saturated heterocycles. The summed E-state index contributed by atoms with van der Waals surface area (Å²) < 4.78 is 12.7. The molecule has 230 valence electrons. The van der Waals surface area contributed by atoms with Crippen LogP contribution in [0.2, 0.25) is 0 Å². The molecular formula is C32H43N7O3S. The molecule has 11 heteroatoms. The Morgan fingerprint density at radius 2 is 1.93 bits per heavy atom. The molecule has 43 heavy (non-hydrogen) atoms. The molecule has 6 rings (SSSR count). The second-order valence-corrected chi connectivity index (χ2v) is 14.2. The summed E-state index contributed by atoms with van der Waals surface area (Å²) in [4.78, 5) is 29.5. The average molecular weight is 606 g/mol. The molecule has 2 aromatic heterocycles. The minimum atomic E-state index is -0.788. The Morgan fingerprint density at radius 3 is 2.58 bits per heavy atom. The second-order valence-electron chi connectivity index (χ2n) is 13.1. The molecule has 4 aliphatic rings. The lowest BCUT2D eigenvalue weighted by Gasteiger charge is -2.40. The summed E-state index contributed by atoms with van der Waals surface area (Å²) in [6.07, 6.45) is 8.60. The Bertz CT molecular complexity index is 1490. The van der Waals surface area contributed by atoms with Crippen molar-refractivity contribution in [1.82, 2.24) is 19.8 Å². The number of ketones is 1. The summed E-state index contributed by atoms with van der Waals surface area (Å²) in [7, 11) is 6.26. The van der Waals surface area contributed by atoms with Gasteiger partial charge < -0.3 is 25.8 Å². The van der Waals surface area contributed by atoms with Crippen molar-refractivity contribution in [3.05, 3.63) is 33.5 Å². The van der Waals surface area contributed by atoms with Crippen LogP contribution in [0.5, 0.6) is 11.8 Å². The number of nitrogens with two attached hydrogens (primary N) is 2. The van der Waals surface area contributed by atoms with E-state index in [1.807, 2.05) is 0 Å². The van der Waals surface area contributed by atoms with Crippen molar-refractivity contribution in [2.75, 3.05) is 40.0 Å². The molecule has 0 unspecified atom stereocenters. The van der Waals surface area contributed by atoms with E-state index in [1.54, 1.807) is 6.07 Å². The number of carbonyl (C=O) groups excluding carboxylic acids is 1. The standard InChI is InChI=1S/C32H43N7O3S/c1-19(22-9-7-15-39(22)4)42-25-16-24(41-18-31(13-14-31)38(2)3)36-30(37-25)27(34)20-8-5-11-32(28(20)40)12-6-10-23-26(32)21(17-33)29(35)43-23/h16,19,22H,5-15,18,34-35H2,1-4H3/t19-,22-,32-/m0/s1. The number of rotatable bonds is 8. The predicted molar refractivity (Wildman–Crippen MR) is 167 cm³/mol. The van der Waals surface area contributed by atoms with E-state index in [4.69, 9.17) is 30.9 Å². The highest BCUT2D eigenvalue weighted by Crippen LogP contribution is 2.52. The fourth-order valence-electron chi connectivity index (χ4n) is 7.45. The van der Waals surface area contributed by atoms with Gasteiger partial charge in [0.2, 0.25) is 11.8 Å². The molecule has 1 aliphatic heterocycles. The van der Waals surface area contributed by atoms with Gasteiger partial charge >= 0.3 is 0 Å². The van der Waals surface area contributed by atoms with Gasteiger partial charge in [0.1, 0.15) is 23.8 Å². The van der Waals surface area contributed by atoms with E-state index in [9.17, 15) is 10.1 Å². The Hall–Kier alpha value is -3.20. The summed E-state index contributed by atoms with van der Waals surface area (Å²) in [5.74, 6) is 0.991. The van der Waals surface area contributed by atoms with E-state index in [2.05, 4.69) is 43.9 Å². The summed E-state index contributed by atoms with van der Waals surface area (Å²) in [5.41, 5.74) is 14.3. The first kappa shape index (κ1) is 29.9. The van der Waals surface area contributed by atoms with Crippen molar-refractivity contribution < 1.29 is 14.3 Å². The maximum Gasteiger partial charge on any atom is 0.221 e. The predicted octanol–water partition coefficient (Wildman–Crippen LogP) is 4.02. The number of allylic oxidation sites excluding steroid dienone is 1. The highest BCUT2D eigenvalue weighted by molar-refractivity contribution is 7.16. The van der Waals surface area contributed by atoms with Gasteiger partial charge in [-0.05, 0) is 104 Å². The molecule has 0 aromatic carbocycles. The van der Waals surface area contributed by atoms with E-state index < -0.39 is 5.41 Å². The van der Waals surface area contributed by atoms with Gasteiger partial charge in [0, 0.05) is 16.5 Å². The van der Waals surface area contributed by atoms with Crippen molar-refractivity contribution in [2.24, 2.45) is 5.73 Å². The van der Waals surface area contributed by atoms with Gasteiger partial charge in [-0.1, -0.05) is 0 Å². The van der Waals surface area contributed by atoms with Crippen LogP contribution in [0.4, 0.5) is 5.00 Å². The number of nitriles is 1. The lowest BCUT2D eigenvalue weighted by molar-refractivity contribution is -0.122. The van der Waals surface area contributed by atoms with E-state index >= 15 is 0 Å². The fraction of sp³-hybridized carbons (Fsp3) is 0.625. The van der Waals surface area contributed by atoms with Crippen molar-refractivity contribution >= 4 is 27.8 Å². The second kappa shape index (κ2) is 11.4. The Kier molecular flexibility index (Phi) is 7.90. The number of aryl methyl sites for hydroxylation is 1. The molecule has 3 aliphatic carbocycles. The SMILES string of the molecule is C[C@H](Oc1cc(OCC2(N(C)C)CC2)nc(C(N)=C2CCC[C@@]3(CCCc4sc(N)c(C#N)c43)C2=O)n1)[C@@H]1CCCN1C. The molecule has 4 N–H and O–H groups in total. The van der Waals surface area contributed by atoms with Crippen LogP contribution < -0.4 is 20.9 Å². The van der Waals surface area contributed by atoms with Gasteiger partial charge in [-0.3, -0.25) is 9.69 Å². The number of nitrogen functional groups attached to an aromatic ring is 1. The van der Waals surface area contributed by atoms with Gasteiger partial charge in [-0.2, -0.15) is 15.2 Å². The number of likely N-dealkylation sites (N-methyl/N-ethyl adjacent to an activating group) is 2. The Labute approximate surface area is 258 Å². The number of aromatic nitrogens is 2. The third-order valence-electron chi connectivity index (χ3n) is 10.3. The number of hydrogen-bond donors (Lipinski definition) is 2. The van der Waals surface area contributed by atoms with Crippen molar-refractivity contribution in [3.63, 3.8) is 0 Å². The molecule has 0 bridgehead atoms. The highest BCUT2D eigenvalue weighted by atomic mass is 32.1. The number of fused-ring (bicyclic) bond motifs is 2. The topological polar surface area (TPSA) is 144 Å². The number of carbonyl (C=O) groups is 1. The number of ether oxygens (including phenoxy) is 2. The maximum atomic E-state index is 14.4. The van der Waals surface area contributed by atoms with Gasteiger partial charge in [0.15, 0.2) is 11.6 Å². The van der Waals surface area contributed by atoms with Crippen LogP contribution in [0.25, 0.3) is 5.70 Å². The van der Waals surface area contributed by atoms with Gasteiger partial charge in [0.05, 0.1) is 28.3 Å². The zero-order valence-electron chi connectivity index (χ0n) is 25.7. The lowest BCUT2D eigenvalue weighted by Crippen LogP contribution is -2.43. The number of Topliss-reactive ketones (excluding diaryl/α,β-unsaturated/α-hetero) is 1. The minimum absolute atomic E-state index is 0.00122. The van der Waals surface area contributed by atoms with E-state index in [0.29, 0.717) is 53.8 Å². The van der Waals surface area contributed by atoms with Crippen LogP contribution in [-0.4, -0.2) is 77.5 Å². The molecular weight excluding hydrogens is 562 g/mol. The third kappa shape index (κ3) is 5.28. The molecule has 0 amide bonds. The van der Waals surface area contributed by atoms with Crippen molar-refractivity contribution in [3.8, 4) is 17.8 Å². The summed E-state index contributed by atoms with van der Waals surface area (Å²) in [6.45, 7) is 3.60. The number of nitrogens with zero attached hydrogens (tertiary/aromatic N) is 5. The van der Waals surface area contributed by atoms with Crippen LogP contribution in [0, 0.1) is 11.3 Å². The largest absolute Gasteiger partial charge is 0.475 e. The molecule has 0 radical (unpaired) electrons. The first-order valence-corrected chi connectivity index (χ1v) is 16.3. The van der Waals surface area contributed by atoms with Crippen molar-refractivity contribution in [2.45, 2.75) is 94.2 Å². The number of anilines is 1. The normalized spacial score (nSPS) is 26.7. The molecule has 3 heterocycles. The van der Waals surface area contributed by atoms with Crippen molar-refractivity contribution in [1.29, 1.82) is 5.26 Å². The van der Waals surface area contributed by atoms with Gasteiger partial charge in [-0.15, -0.1) is 11.3 Å². The Balaban J connectivity index is 1.36. The quantitative estimate of drug-likeness (QED) is 0.423. The first-order valence-electron chi connectivity index (χ1n) is 15.5. The first-order chi connectivity index (χ1) is 20.6. The fourth-order valence-corrected chi connectivity index (χ4v) is 8.61. The van der Waals surface area contributed by atoms with E-state index in [-0.39, 0.29) is 35.0 Å². The van der Waals surface area contributed by atoms with Gasteiger partial charge in [-0.25, -0.2) is 0 Å². The van der Waals surface area contributed by atoms with Crippen LogP contribution in [0.3, 0.4) is 0 Å². The zero-order valence-corrected chi connectivity index (χ0v) is 26.6. The molecule has 3 atom stereocenters. The summed E-state index contributed by atoms with van der Waals surface area (Å²) in [5, 5.41) is 10.5.